The number of thiophene rings is 1. The normalized spacial score (nSPS) is 14.7. The van der Waals surface area contributed by atoms with E-state index in [0.29, 0.717) is 22.7 Å². The molecule has 1 aliphatic rings. The van der Waals surface area contributed by atoms with Gasteiger partial charge in [-0.05, 0) is 62.5 Å². The minimum absolute atomic E-state index is 0.102. The summed E-state index contributed by atoms with van der Waals surface area (Å²) < 4.78 is 0. The summed E-state index contributed by atoms with van der Waals surface area (Å²) in [5.74, 6) is -0.231. The van der Waals surface area contributed by atoms with E-state index in [1.165, 1.54) is 43.7 Å². The second-order valence-electron chi connectivity index (χ2n) is 6.87. The number of likely N-dealkylation sites (tertiary alicyclic amines) is 1. The Bertz CT molecular complexity index is 755. The van der Waals surface area contributed by atoms with Crippen LogP contribution in [0.3, 0.4) is 0 Å². The van der Waals surface area contributed by atoms with Crippen molar-refractivity contribution in [2.24, 2.45) is 0 Å². The quantitative estimate of drug-likeness (QED) is 0.741. The molecule has 3 rings (SSSR count). The van der Waals surface area contributed by atoms with Crippen molar-refractivity contribution in [3.8, 4) is 0 Å². The smallest absolute Gasteiger partial charge is 0.268 e. The van der Waals surface area contributed by atoms with Gasteiger partial charge in [0.1, 0.15) is 0 Å². The monoisotopic (exact) mass is 385 g/mol. The van der Waals surface area contributed by atoms with Gasteiger partial charge in [0.15, 0.2) is 0 Å². The summed E-state index contributed by atoms with van der Waals surface area (Å²) in [5, 5.41) is 4.88. The van der Waals surface area contributed by atoms with Crippen LogP contribution in [0.2, 0.25) is 0 Å². The molecule has 6 heteroatoms. The maximum absolute atomic E-state index is 12.7. The zero-order valence-corrected chi connectivity index (χ0v) is 16.6. The fraction of sp³-hybridized carbons (Fsp3) is 0.429. The lowest BCUT2D eigenvalue weighted by atomic mass is 10.1. The van der Waals surface area contributed by atoms with E-state index in [0.717, 1.165) is 13.0 Å². The molecule has 1 saturated heterocycles. The maximum atomic E-state index is 12.7. The lowest BCUT2D eigenvalue weighted by molar-refractivity contribution is 0.0951. The highest BCUT2D eigenvalue weighted by atomic mass is 32.1. The first kappa shape index (κ1) is 19.6. The summed E-state index contributed by atoms with van der Waals surface area (Å²) >= 11 is 1.40. The van der Waals surface area contributed by atoms with E-state index in [2.05, 4.69) is 10.2 Å². The summed E-state index contributed by atoms with van der Waals surface area (Å²) in [6.07, 6.45) is 4.84. The Labute approximate surface area is 165 Å². The van der Waals surface area contributed by atoms with Crippen LogP contribution in [0.4, 0.5) is 5.69 Å². The van der Waals surface area contributed by atoms with Crippen molar-refractivity contribution < 1.29 is 9.59 Å². The van der Waals surface area contributed by atoms with Crippen molar-refractivity contribution in [1.29, 1.82) is 0 Å². The Balaban J connectivity index is 1.57. The van der Waals surface area contributed by atoms with Crippen LogP contribution in [0.25, 0.3) is 0 Å². The predicted octanol–water partition coefficient (Wildman–Crippen LogP) is 3.63. The molecule has 144 valence electrons. The molecule has 0 aliphatic carbocycles. The third kappa shape index (κ3) is 5.17. The molecule has 27 heavy (non-hydrogen) atoms. The SMILES string of the molecule is CN(C(=O)c1cccs1)c1ccccc1C(=O)NCCCN1CCCCC1. The van der Waals surface area contributed by atoms with Gasteiger partial charge in [0.2, 0.25) is 0 Å². The van der Waals surface area contributed by atoms with Crippen LogP contribution in [0.5, 0.6) is 0 Å². The lowest BCUT2D eigenvalue weighted by Crippen LogP contribution is -2.34. The van der Waals surface area contributed by atoms with Gasteiger partial charge in [-0.25, -0.2) is 0 Å². The highest BCUT2D eigenvalue weighted by Crippen LogP contribution is 2.22. The Hall–Kier alpha value is -2.18. The molecule has 2 heterocycles. The second kappa shape index (κ2) is 9.67. The summed E-state index contributed by atoms with van der Waals surface area (Å²) in [6.45, 7) is 4.02. The molecule has 5 nitrogen and oxygen atoms in total. The van der Waals surface area contributed by atoms with Crippen molar-refractivity contribution in [3.63, 3.8) is 0 Å². The van der Waals surface area contributed by atoms with Gasteiger partial charge in [-0.3, -0.25) is 9.59 Å². The van der Waals surface area contributed by atoms with Gasteiger partial charge < -0.3 is 15.1 Å². The molecule has 2 aromatic rings. The topological polar surface area (TPSA) is 52.7 Å². The van der Waals surface area contributed by atoms with Crippen LogP contribution in [0, 0.1) is 0 Å². The average molecular weight is 386 g/mol. The molecule has 0 atom stereocenters. The number of carbonyl (C=O) groups excluding carboxylic acids is 2. The molecule has 0 spiro atoms. The molecule has 0 unspecified atom stereocenters. The van der Waals surface area contributed by atoms with E-state index < -0.39 is 0 Å². The van der Waals surface area contributed by atoms with E-state index in [-0.39, 0.29) is 11.8 Å². The van der Waals surface area contributed by atoms with Crippen LogP contribution in [-0.2, 0) is 0 Å². The van der Waals surface area contributed by atoms with Crippen LogP contribution >= 0.6 is 11.3 Å². The maximum Gasteiger partial charge on any atom is 0.268 e. The fourth-order valence-electron chi connectivity index (χ4n) is 3.42. The number of anilines is 1. The molecule has 2 amide bonds. The molecule has 0 saturated carbocycles. The standard InChI is InChI=1S/C21H27N3O2S/c1-23(21(26)19-11-7-16-27-19)18-10-4-3-9-17(18)20(25)22-12-8-15-24-13-5-2-6-14-24/h3-4,7,9-11,16H,2,5-6,8,12-15H2,1H3,(H,22,25). The zero-order chi connectivity index (χ0) is 19.1. The number of hydrogen-bond donors (Lipinski definition) is 1. The molecule has 1 aromatic heterocycles. The van der Waals surface area contributed by atoms with Gasteiger partial charge in [0.05, 0.1) is 16.1 Å². The van der Waals surface area contributed by atoms with E-state index in [1.54, 1.807) is 24.1 Å². The number of benzene rings is 1. The van der Waals surface area contributed by atoms with Gasteiger partial charge >= 0.3 is 0 Å². The van der Waals surface area contributed by atoms with Crippen molar-refractivity contribution >= 4 is 28.8 Å². The first-order chi connectivity index (χ1) is 13.2. The number of amides is 2. The third-order valence-electron chi connectivity index (χ3n) is 4.93. The molecule has 0 radical (unpaired) electrons. The van der Waals surface area contributed by atoms with Crippen molar-refractivity contribution in [2.75, 3.05) is 38.1 Å². The van der Waals surface area contributed by atoms with Gasteiger partial charge in [-0.2, -0.15) is 0 Å². The number of nitrogens with one attached hydrogen (secondary N) is 1. The highest BCUT2D eigenvalue weighted by molar-refractivity contribution is 7.12. The Morgan fingerprint density at radius 2 is 1.89 bits per heavy atom. The van der Waals surface area contributed by atoms with Crippen LogP contribution in [0.15, 0.2) is 41.8 Å². The third-order valence-corrected chi connectivity index (χ3v) is 5.79. The van der Waals surface area contributed by atoms with Crippen molar-refractivity contribution in [2.45, 2.75) is 25.7 Å². The number of piperidine rings is 1. The van der Waals surface area contributed by atoms with Crippen molar-refractivity contribution in [1.82, 2.24) is 10.2 Å². The summed E-state index contributed by atoms with van der Waals surface area (Å²) in [6, 6.07) is 10.9. The Morgan fingerprint density at radius 3 is 2.63 bits per heavy atom. The zero-order valence-electron chi connectivity index (χ0n) is 15.8. The predicted molar refractivity (Wildman–Crippen MR) is 111 cm³/mol. The summed E-state index contributed by atoms with van der Waals surface area (Å²) in [4.78, 5) is 30.0. The fourth-order valence-corrected chi connectivity index (χ4v) is 4.11. The van der Waals surface area contributed by atoms with Crippen LogP contribution in [-0.4, -0.2) is 49.9 Å². The number of rotatable bonds is 7. The summed E-state index contributed by atoms with van der Waals surface area (Å²) in [7, 11) is 1.71. The van der Waals surface area contributed by atoms with Crippen LogP contribution in [0.1, 0.15) is 45.7 Å². The first-order valence-corrected chi connectivity index (χ1v) is 10.5. The molecular formula is C21H27N3O2S. The van der Waals surface area contributed by atoms with E-state index >= 15 is 0 Å². The van der Waals surface area contributed by atoms with E-state index in [4.69, 9.17) is 0 Å². The number of carbonyl (C=O) groups is 2. The van der Waals surface area contributed by atoms with E-state index in [9.17, 15) is 9.59 Å². The van der Waals surface area contributed by atoms with Gasteiger partial charge in [0, 0.05) is 13.6 Å². The molecule has 1 fully saturated rings. The van der Waals surface area contributed by atoms with Gasteiger partial charge in [-0.15, -0.1) is 11.3 Å². The van der Waals surface area contributed by atoms with Gasteiger partial charge in [0.25, 0.3) is 11.8 Å². The Kier molecular flexibility index (Phi) is 7.01. The average Bonchev–Trinajstić information content (AvgIpc) is 3.25. The highest BCUT2D eigenvalue weighted by Gasteiger charge is 2.20. The number of para-hydroxylation sites is 1. The first-order valence-electron chi connectivity index (χ1n) is 9.58. The number of hydrogen-bond acceptors (Lipinski definition) is 4. The van der Waals surface area contributed by atoms with Crippen LogP contribution < -0.4 is 10.2 Å². The molecular weight excluding hydrogens is 358 g/mol. The second-order valence-corrected chi connectivity index (χ2v) is 7.82. The lowest BCUT2D eigenvalue weighted by Gasteiger charge is -2.26. The number of nitrogens with zero attached hydrogens (tertiary/aromatic N) is 2. The van der Waals surface area contributed by atoms with Crippen molar-refractivity contribution in [3.05, 3.63) is 52.2 Å². The molecule has 1 aliphatic heterocycles. The Morgan fingerprint density at radius 1 is 1.11 bits per heavy atom. The summed E-state index contributed by atoms with van der Waals surface area (Å²) in [5.41, 5.74) is 1.16. The largest absolute Gasteiger partial charge is 0.352 e. The molecule has 1 N–H and O–H groups in total. The minimum atomic E-state index is -0.130. The minimum Gasteiger partial charge on any atom is -0.352 e. The van der Waals surface area contributed by atoms with E-state index in [1.807, 2.05) is 29.6 Å². The molecule has 0 bridgehead atoms. The van der Waals surface area contributed by atoms with Gasteiger partial charge in [-0.1, -0.05) is 24.6 Å². The molecule has 1 aromatic carbocycles.